The maximum atomic E-state index is 12.1. The summed E-state index contributed by atoms with van der Waals surface area (Å²) >= 11 is 5.91. The molecule has 0 aromatic heterocycles. The number of nitrogens with zero attached hydrogens (tertiary/aromatic N) is 1. The Bertz CT molecular complexity index is 541. The summed E-state index contributed by atoms with van der Waals surface area (Å²) in [5, 5.41) is 9.76. The van der Waals surface area contributed by atoms with Gasteiger partial charge in [-0.15, -0.1) is 0 Å². The van der Waals surface area contributed by atoms with E-state index in [9.17, 15) is 9.90 Å². The predicted molar refractivity (Wildman–Crippen MR) is 84.4 cm³/mol. The molecule has 0 saturated carbocycles. The van der Waals surface area contributed by atoms with Gasteiger partial charge in [-0.25, -0.2) is 4.79 Å². The molecule has 6 heteroatoms. The maximum Gasteiger partial charge on any atom is 0.410 e. The normalized spacial score (nSPS) is 19.1. The quantitative estimate of drug-likeness (QED) is 0.906. The van der Waals surface area contributed by atoms with E-state index in [0.29, 0.717) is 31.1 Å². The van der Waals surface area contributed by atoms with E-state index in [1.165, 1.54) is 0 Å². The largest absolute Gasteiger partial charge is 0.506 e. The van der Waals surface area contributed by atoms with Crippen molar-refractivity contribution >= 4 is 17.7 Å². The highest BCUT2D eigenvalue weighted by molar-refractivity contribution is 6.32. The zero-order valence-corrected chi connectivity index (χ0v) is 13.9. The van der Waals surface area contributed by atoms with E-state index < -0.39 is 5.60 Å². The van der Waals surface area contributed by atoms with Gasteiger partial charge in [0, 0.05) is 13.0 Å². The second-order valence-corrected chi connectivity index (χ2v) is 6.82. The summed E-state index contributed by atoms with van der Waals surface area (Å²) in [4.78, 5) is 13.8. The van der Waals surface area contributed by atoms with Crippen molar-refractivity contribution in [2.75, 3.05) is 19.7 Å². The van der Waals surface area contributed by atoms with Crippen LogP contribution in [0.15, 0.2) is 18.2 Å². The second-order valence-electron chi connectivity index (χ2n) is 6.41. The third-order valence-corrected chi connectivity index (χ3v) is 3.57. The van der Waals surface area contributed by atoms with Gasteiger partial charge in [0.05, 0.1) is 24.3 Å². The first kappa shape index (κ1) is 16.9. The number of phenolic OH excluding ortho intramolecular Hbond substituents is 1. The van der Waals surface area contributed by atoms with E-state index in [1.54, 1.807) is 23.1 Å². The molecule has 122 valence electrons. The van der Waals surface area contributed by atoms with Crippen molar-refractivity contribution in [3.63, 3.8) is 0 Å². The summed E-state index contributed by atoms with van der Waals surface area (Å²) in [6.45, 7) is 7.04. The van der Waals surface area contributed by atoms with E-state index in [1.807, 2.05) is 20.8 Å². The van der Waals surface area contributed by atoms with Crippen LogP contribution in [0.4, 0.5) is 4.79 Å². The zero-order valence-electron chi connectivity index (χ0n) is 13.1. The van der Waals surface area contributed by atoms with Crippen molar-refractivity contribution in [2.24, 2.45) is 0 Å². The number of morpholine rings is 1. The van der Waals surface area contributed by atoms with E-state index in [0.717, 1.165) is 5.56 Å². The highest BCUT2D eigenvalue weighted by Crippen LogP contribution is 2.25. The second kappa shape index (κ2) is 6.75. The number of aromatic hydroxyl groups is 1. The average Bonchev–Trinajstić information content (AvgIpc) is 2.41. The lowest BCUT2D eigenvalue weighted by molar-refractivity contribution is -0.0415. The van der Waals surface area contributed by atoms with Gasteiger partial charge in [-0.05, 0) is 38.5 Å². The van der Waals surface area contributed by atoms with Crippen LogP contribution in [-0.4, -0.2) is 47.5 Å². The van der Waals surface area contributed by atoms with Crippen LogP contribution in [0.1, 0.15) is 26.3 Å². The average molecular weight is 328 g/mol. The Morgan fingerprint density at radius 1 is 1.50 bits per heavy atom. The summed E-state index contributed by atoms with van der Waals surface area (Å²) in [6, 6.07) is 5.08. The van der Waals surface area contributed by atoms with Gasteiger partial charge in [0.15, 0.2) is 0 Å². The van der Waals surface area contributed by atoms with E-state index in [-0.39, 0.29) is 17.9 Å². The molecule has 1 unspecified atom stereocenters. The van der Waals surface area contributed by atoms with Crippen LogP contribution in [0.5, 0.6) is 5.75 Å². The lowest BCUT2D eigenvalue weighted by atomic mass is 10.1. The minimum absolute atomic E-state index is 0.0605. The first-order valence-corrected chi connectivity index (χ1v) is 7.69. The highest BCUT2D eigenvalue weighted by atomic mass is 35.5. The van der Waals surface area contributed by atoms with Gasteiger partial charge < -0.3 is 19.5 Å². The number of halogens is 1. The SMILES string of the molecule is CC(C)(C)OC(=O)N1CCOC(Cc2ccc(O)c(Cl)c2)C1. The van der Waals surface area contributed by atoms with Crippen LogP contribution < -0.4 is 0 Å². The summed E-state index contributed by atoms with van der Waals surface area (Å²) in [5.74, 6) is 0.0605. The molecule has 1 N–H and O–H groups in total. The summed E-state index contributed by atoms with van der Waals surface area (Å²) < 4.78 is 11.1. The number of phenols is 1. The highest BCUT2D eigenvalue weighted by Gasteiger charge is 2.28. The molecule has 1 saturated heterocycles. The Labute approximate surface area is 135 Å². The molecule has 1 aliphatic rings. The molecule has 22 heavy (non-hydrogen) atoms. The predicted octanol–water partition coefficient (Wildman–Crippen LogP) is 3.22. The summed E-state index contributed by atoms with van der Waals surface area (Å²) in [5.41, 5.74) is 0.453. The number of ether oxygens (including phenoxy) is 2. The zero-order chi connectivity index (χ0) is 16.3. The molecule has 1 aromatic rings. The molecular formula is C16H22ClNO4. The third-order valence-electron chi connectivity index (χ3n) is 3.27. The molecule has 1 atom stereocenters. The lowest BCUT2D eigenvalue weighted by Crippen LogP contribution is -2.48. The van der Waals surface area contributed by atoms with Crippen molar-refractivity contribution in [1.82, 2.24) is 4.90 Å². The number of amides is 1. The van der Waals surface area contributed by atoms with Crippen molar-refractivity contribution in [3.05, 3.63) is 28.8 Å². The fourth-order valence-electron chi connectivity index (χ4n) is 2.28. The maximum absolute atomic E-state index is 12.1. The molecule has 1 aliphatic heterocycles. The standard InChI is InChI=1S/C16H22ClNO4/c1-16(2,3)22-15(20)18-6-7-21-12(10-18)8-11-4-5-14(19)13(17)9-11/h4-5,9,12,19H,6-8,10H2,1-3H3. The van der Waals surface area contributed by atoms with Crippen LogP contribution >= 0.6 is 11.6 Å². The topological polar surface area (TPSA) is 59.0 Å². The van der Waals surface area contributed by atoms with E-state index >= 15 is 0 Å². The Balaban J connectivity index is 1.95. The lowest BCUT2D eigenvalue weighted by Gasteiger charge is -2.34. The number of hydrogen-bond donors (Lipinski definition) is 1. The van der Waals surface area contributed by atoms with Gasteiger partial charge in [0.25, 0.3) is 0 Å². The number of carbonyl (C=O) groups excluding carboxylic acids is 1. The van der Waals surface area contributed by atoms with Gasteiger partial charge in [0.1, 0.15) is 11.4 Å². The van der Waals surface area contributed by atoms with Gasteiger partial charge in [-0.2, -0.15) is 0 Å². The summed E-state index contributed by atoms with van der Waals surface area (Å²) in [7, 11) is 0. The molecule has 1 amide bonds. The monoisotopic (exact) mass is 327 g/mol. The molecule has 0 radical (unpaired) electrons. The Morgan fingerprint density at radius 2 is 2.23 bits per heavy atom. The van der Waals surface area contributed by atoms with Gasteiger partial charge in [-0.1, -0.05) is 17.7 Å². The number of rotatable bonds is 2. The Morgan fingerprint density at radius 3 is 2.86 bits per heavy atom. The number of benzene rings is 1. The molecule has 1 heterocycles. The van der Waals surface area contributed by atoms with Gasteiger partial charge in [-0.3, -0.25) is 0 Å². The molecule has 2 rings (SSSR count). The van der Waals surface area contributed by atoms with Crippen LogP contribution in [0.25, 0.3) is 0 Å². The van der Waals surface area contributed by atoms with E-state index in [2.05, 4.69) is 0 Å². The molecule has 1 aromatic carbocycles. The van der Waals surface area contributed by atoms with E-state index in [4.69, 9.17) is 21.1 Å². The molecule has 0 spiro atoms. The molecular weight excluding hydrogens is 306 g/mol. The molecule has 0 aliphatic carbocycles. The number of hydrogen-bond acceptors (Lipinski definition) is 4. The van der Waals surface area contributed by atoms with Crippen LogP contribution in [-0.2, 0) is 15.9 Å². The minimum atomic E-state index is -0.505. The minimum Gasteiger partial charge on any atom is -0.506 e. The van der Waals surface area contributed by atoms with Crippen LogP contribution in [0.2, 0.25) is 5.02 Å². The molecule has 1 fully saturated rings. The molecule has 5 nitrogen and oxygen atoms in total. The Kier molecular flexibility index (Phi) is 5.19. The third kappa shape index (κ3) is 4.78. The Hall–Kier alpha value is -1.46. The van der Waals surface area contributed by atoms with Crippen molar-refractivity contribution < 1.29 is 19.4 Å². The first-order valence-electron chi connectivity index (χ1n) is 7.31. The fourth-order valence-corrected chi connectivity index (χ4v) is 2.48. The summed E-state index contributed by atoms with van der Waals surface area (Å²) in [6.07, 6.45) is 0.200. The number of carbonyl (C=O) groups is 1. The van der Waals surface area contributed by atoms with Crippen molar-refractivity contribution in [2.45, 2.75) is 38.9 Å². The van der Waals surface area contributed by atoms with Crippen molar-refractivity contribution in [1.29, 1.82) is 0 Å². The molecule has 0 bridgehead atoms. The van der Waals surface area contributed by atoms with Crippen LogP contribution in [0, 0.1) is 0 Å². The van der Waals surface area contributed by atoms with Crippen LogP contribution in [0.3, 0.4) is 0 Å². The van der Waals surface area contributed by atoms with Gasteiger partial charge >= 0.3 is 6.09 Å². The van der Waals surface area contributed by atoms with Gasteiger partial charge in [0.2, 0.25) is 0 Å². The smallest absolute Gasteiger partial charge is 0.410 e. The van der Waals surface area contributed by atoms with Crippen molar-refractivity contribution in [3.8, 4) is 5.75 Å². The fraction of sp³-hybridized carbons (Fsp3) is 0.562. The first-order chi connectivity index (χ1) is 10.2.